The van der Waals surface area contributed by atoms with Crippen LogP contribution in [0.5, 0.6) is 0 Å². The molecule has 2 rings (SSSR count). The Bertz CT molecular complexity index is 584. The first-order valence-electron chi connectivity index (χ1n) is 6.18. The Balaban J connectivity index is 2.21. The number of rotatable bonds is 5. The van der Waals surface area contributed by atoms with Crippen LogP contribution in [0.25, 0.3) is 5.69 Å². The predicted molar refractivity (Wildman–Crippen MR) is 77.7 cm³/mol. The maximum atomic E-state index is 12.2. The van der Waals surface area contributed by atoms with Crippen molar-refractivity contribution in [2.75, 3.05) is 6.54 Å². The molecule has 7 heteroatoms. The molecule has 1 amide bonds. The third kappa shape index (κ3) is 3.64. The Hall–Kier alpha value is -1.73. The van der Waals surface area contributed by atoms with Gasteiger partial charge in [-0.2, -0.15) is 5.10 Å². The summed E-state index contributed by atoms with van der Waals surface area (Å²) in [5.74, 6) is -0.205. The van der Waals surface area contributed by atoms with Crippen molar-refractivity contribution in [3.05, 3.63) is 40.9 Å². The molecule has 0 radical (unpaired) electrons. The SMILES string of the molecule is CC(O)CCNC(=O)c1ccc(Br)cc1-n1cncn1. The Morgan fingerprint density at radius 3 is 3.00 bits per heavy atom. The second-order valence-corrected chi connectivity index (χ2v) is 5.31. The van der Waals surface area contributed by atoms with Gasteiger partial charge in [0.15, 0.2) is 0 Å². The number of carbonyl (C=O) groups excluding carboxylic acids is 1. The zero-order valence-electron chi connectivity index (χ0n) is 11.0. The highest BCUT2D eigenvalue weighted by Gasteiger charge is 2.13. The molecular weight excluding hydrogens is 324 g/mol. The van der Waals surface area contributed by atoms with Crippen molar-refractivity contribution in [1.29, 1.82) is 0 Å². The Labute approximate surface area is 125 Å². The van der Waals surface area contributed by atoms with Crippen LogP contribution < -0.4 is 5.32 Å². The number of hydrogen-bond acceptors (Lipinski definition) is 4. The minimum Gasteiger partial charge on any atom is -0.393 e. The van der Waals surface area contributed by atoms with E-state index in [1.807, 2.05) is 0 Å². The maximum absolute atomic E-state index is 12.2. The molecule has 0 saturated carbocycles. The van der Waals surface area contributed by atoms with Crippen molar-refractivity contribution in [2.24, 2.45) is 0 Å². The van der Waals surface area contributed by atoms with Gasteiger partial charge in [0.25, 0.3) is 5.91 Å². The molecule has 1 atom stereocenters. The molecule has 6 nitrogen and oxygen atoms in total. The molecule has 1 heterocycles. The monoisotopic (exact) mass is 338 g/mol. The molecule has 106 valence electrons. The molecule has 0 saturated heterocycles. The molecule has 0 aliphatic heterocycles. The van der Waals surface area contributed by atoms with Crippen LogP contribution in [0.4, 0.5) is 0 Å². The molecule has 20 heavy (non-hydrogen) atoms. The third-order valence-corrected chi connectivity index (χ3v) is 3.21. The molecule has 0 fully saturated rings. The van der Waals surface area contributed by atoms with Crippen LogP contribution in [0.15, 0.2) is 35.3 Å². The first-order valence-corrected chi connectivity index (χ1v) is 6.98. The number of nitrogens with one attached hydrogen (secondary N) is 1. The van der Waals surface area contributed by atoms with E-state index in [0.717, 1.165) is 4.47 Å². The number of aromatic nitrogens is 3. The highest BCUT2D eigenvalue weighted by molar-refractivity contribution is 9.10. The number of nitrogens with zero attached hydrogens (tertiary/aromatic N) is 3. The van der Waals surface area contributed by atoms with E-state index >= 15 is 0 Å². The molecule has 1 aromatic heterocycles. The van der Waals surface area contributed by atoms with Gasteiger partial charge >= 0.3 is 0 Å². The molecule has 0 aliphatic carbocycles. The molecule has 2 aromatic rings. The zero-order chi connectivity index (χ0) is 14.5. The second-order valence-electron chi connectivity index (χ2n) is 4.40. The maximum Gasteiger partial charge on any atom is 0.253 e. The zero-order valence-corrected chi connectivity index (χ0v) is 12.5. The van der Waals surface area contributed by atoms with Crippen LogP contribution in [0.1, 0.15) is 23.7 Å². The van der Waals surface area contributed by atoms with Crippen LogP contribution in [-0.2, 0) is 0 Å². The quantitative estimate of drug-likeness (QED) is 0.866. The molecule has 0 bridgehead atoms. The van der Waals surface area contributed by atoms with Gasteiger partial charge in [-0.1, -0.05) is 15.9 Å². The van der Waals surface area contributed by atoms with E-state index < -0.39 is 6.10 Å². The van der Waals surface area contributed by atoms with E-state index in [2.05, 4.69) is 31.3 Å². The summed E-state index contributed by atoms with van der Waals surface area (Å²) in [7, 11) is 0. The highest BCUT2D eigenvalue weighted by atomic mass is 79.9. The van der Waals surface area contributed by atoms with Crippen molar-refractivity contribution < 1.29 is 9.90 Å². The standard InChI is InChI=1S/C13H15BrN4O2/c1-9(19)4-5-16-13(20)11-3-2-10(14)6-12(11)18-8-15-7-17-18/h2-3,6-9,19H,4-5H2,1H3,(H,16,20). The van der Waals surface area contributed by atoms with E-state index in [1.54, 1.807) is 25.1 Å². The summed E-state index contributed by atoms with van der Waals surface area (Å²) in [6, 6.07) is 5.32. The summed E-state index contributed by atoms with van der Waals surface area (Å²) in [6.07, 6.45) is 3.03. The van der Waals surface area contributed by atoms with Gasteiger partial charge < -0.3 is 10.4 Å². The normalized spacial score (nSPS) is 12.2. The lowest BCUT2D eigenvalue weighted by Crippen LogP contribution is -2.27. The lowest BCUT2D eigenvalue weighted by Gasteiger charge is -2.11. The van der Waals surface area contributed by atoms with Gasteiger partial charge in [-0.3, -0.25) is 4.79 Å². The number of aliphatic hydroxyl groups is 1. The Morgan fingerprint density at radius 1 is 1.55 bits per heavy atom. The van der Waals surface area contributed by atoms with Crippen LogP contribution in [0.2, 0.25) is 0 Å². The summed E-state index contributed by atoms with van der Waals surface area (Å²) in [5, 5.41) is 16.0. The van der Waals surface area contributed by atoms with Crippen molar-refractivity contribution in [1.82, 2.24) is 20.1 Å². The number of aliphatic hydroxyl groups excluding tert-OH is 1. The van der Waals surface area contributed by atoms with Gasteiger partial charge in [0.1, 0.15) is 12.7 Å². The number of hydrogen-bond donors (Lipinski definition) is 2. The van der Waals surface area contributed by atoms with Crippen molar-refractivity contribution in [3.8, 4) is 5.69 Å². The van der Waals surface area contributed by atoms with Crippen LogP contribution in [0.3, 0.4) is 0 Å². The van der Waals surface area contributed by atoms with Gasteiger partial charge in [0.2, 0.25) is 0 Å². The molecule has 1 aromatic carbocycles. The summed E-state index contributed by atoms with van der Waals surface area (Å²) >= 11 is 3.38. The van der Waals surface area contributed by atoms with Gasteiger partial charge in [-0.15, -0.1) is 0 Å². The lowest BCUT2D eigenvalue weighted by atomic mass is 10.1. The van der Waals surface area contributed by atoms with Crippen molar-refractivity contribution in [2.45, 2.75) is 19.4 Å². The number of benzene rings is 1. The van der Waals surface area contributed by atoms with Gasteiger partial charge in [-0.25, -0.2) is 9.67 Å². The first-order chi connectivity index (χ1) is 9.58. The lowest BCUT2D eigenvalue weighted by molar-refractivity contribution is 0.0945. The summed E-state index contributed by atoms with van der Waals surface area (Å²) in [4.78, 5) is 16.1. The minimum absolute atomic E-state index is 0.205. The predicted octanol–water partition coefficient (Wildman–Crippen LogP) is 1.53. The van der Waals surface area contributed by atoms with E-state index in [4.69, 9.17) is 0 Å². The minimum atomic E-state index is -0.435. The number of amides is 1. The fourth-order valence-electron chi connectivity index (χ4n) is 1.71. The van der Waals surface area contributed by atoms with Gasteiger partial charge in [0, 0.05) is 11.0 Å². The van der Waals surface area contributed by atoms with Gasteiger partial charge in [-0.05, 0) is 31.5 Å². The van der Waals surface area contributed by atoms with Gasteiger partial charge in [0.05, 0.1) is 17.4 Å². The second kappa shape index (κ2) is 6.62. The molecule has 2 N–H and O–H groups in total. The number of halogens is 1. The molecule has 0 spiro atoms. The smallest absolute Gasteiger partial charge is 0.253 e. The van der Waals surface area contributed by atoms with E-state index in [-0.39, 0.29) is 5.91 Å². The fourth-order valence-corrected chi connectivity index (χ4v) is 2.06. The third-order valence-electron chi connectivity index (χ3n) is 2.72. The van der Waals surface area contributed by atoms with Crippen LogP contribution >= 0.6 is 15.9 Å². The number of carbonyl (C=O) groups is 1. The van der Waals surface area contributed by atoms with Crippen LogP contribution in [0, 0.1) is 0 Å². The first kappa shape index (κ1) is 14.7. The van der Waals surface area contributed by atoms with Crippen molar-refractivity contribution in [3.63, 3.8) is 0 Å². The largest absolute Gasteiger partial charge is 0.393 e. The summed E-state index contributed by atoms with van der Waals surface area (Å²) in [6.45, 7) is 2.11. The van der Waals surface area contributed by atoms with E-state index in [1.165, 1.54) is 17.3 Å². The molecule has 0 aliphatic rings. The Kier molecular flexibility index (Phi) is 4.86. The van der Waals surface area contributed by atoms with E-state index in [0.29, 0.717) is 24.2 Å². The topological polar surface area (TPSA) is 80.0 Å². The molecule has 1 unspecified atom stereocenters. The molecular formula is C13H15BrN4O2. The Morgan fingerprint density at radius 2 is 2.35 bits per heavy atom. The van der Waals surface area contributed by atoms with Crippen LogP contribution in [-0.4, -0.2) is 38.4 Å². The fraction of sp³-hybridized carbons (Fsp3) is 0.308. The average molecular weight is 339 g/mol. The highest BCUT2D eigenvalue weighted by Crippen LogP contribution is 2.19. The average Bonchev–Trinajstić information content (AvgIpc) is 2.91. The van der Waals surface area contributed by atoms with Crippen molar-refractivity contribution >= 4 is 21.8 Å². The summed E-state index contributed by atoms with van der Waals surface area (Å²) in [5.41, 5.74) is 1.15. The van der Waals surface area contributed by atoms with E-state index in [9.17, 15) is 9.90 Å². The summed E-state index contributed by atoms with van der Waals surface area (Å²) < 4.78 is 2.39.